The molecular weight excluding hydrogens is 394 g/mol. The molecule has 2 rings (SSSR count). The van der Waals surface area contributed by atoms with E-state index >= 15 is 0 Å². The highest BCUT2D eigenvalue weighted by molar-refractivity contribution is 7.89. The summed E-state index contributed by atoms with van der Waals surface area (Å²) in [6, 6.07) is 6.29. The molecule has 9 heteroatoms. The molecule has 1 fully saturated rings. The molecule has 1 aliphatic heterocycles. The molecule has 29 heavy (non-hydrogen) atoms. The number of carbonyl (C=O) groups excluding carboxylic acids is 2. The van der Waals surface area contributed by atoms with Gasteiger partial charge in [-0.25, -0.2) is 8.42 Å². The van der Waals surface area contributed by atoms with Gasteiger partial charge in [0.25, 0.3) is 0 Å². The van der Waals surface area contributed by atoms with Crippen molar-refractivity contribution in [3.05, 3.63) is 24.3 Å². The van der Waals surface area contributed by atoms with Crippen LogP contribution in [0.5, 0.6) is 0 Å². The molecule has 0 radical (unpaired) electrons. The van der Waals surface area contributed by atoms with E-state index < -0.39 is 15.9 Å². The van der Waals surface area contributed by atoms with Crippen LogP contribution in [-0.4, -0.2) is 76.4 Å². The lowest BCUT2D eigenvalue weighted by molar-refractivity contribution is -0.134. The smallest absolute Gasteiger partial charge is 0.243 e. The Kier molecular flexibility index (Phi) is 8.18. The van der Waals surface area contributed by atoms with Crippen molar-refractivity contribution in [2.24, 2.45) is 5.92 Å². The first-order chi connectivity index (χ1) is 13.8. The van der Waals surface area contributed by atoms with E-state index in [1.54, 1.807) is 49.9 Å². The Morgan fingerprint density at radius 1 is 1.21 bits per heavy atom. The number of nitrogens with zero attached hydrogens (tertiary/aromatic N) is 3. The summed E-state index contributed by atoms with van der Waals surface area (Å²) in [5.74, 6) is -0.584. The number of rotatable bonds is 10. The summed E-state index contributed by atoms with van der Waals surface area (Å²) in [5.41, 5.74) is 0.603. The number of benzene rings is 1. The summed E-state index contributed by atoms with van der Waals surface area (Å²) in [4.78, 5) is 28.5. The van der Waals surface area contributed by atoms with Crippen LogP contribution < -0.4 is 4.90 Å². The minimum Gasteiger partial charge on any atom is -0.385 e. The first-order valence-electron chi connectivity index (χ1n) is 9.90. The average Bonchev–Trinajstić information content (AvgIpc) is 3.10. The zero-order chi connectivity index (χ0) is 21.6. The number of sulfonamides is 1. The van der Waals surface area contributed by atoms with Crippen molar-refractivity contribution in [3.63, 3.8) is 0 Å². The predicted molar refractivity (Wildman–Crippen MR) is 111 cm³/mol. The average molecular weight is 426 g/mol. The van der Waals surface area contributed by atoms with Gasteiger partial charge in [-0.1, -0.05) is 13.8 Å². The van der Waals surface area contributed by atoms with Gasteiger partial charge in [0.15, 0.2) is 0 Å². The highest BCUT2D eigenvalue weighted by Gasteiger charge is 2.36. The Balaban J connectivity index is 2.08. The third kappa shape index (κ3) is 5.34. The van der Waals surface area contributed by atoms with Crippen LogP contribution in [0.25, 0.3) is 0 Å². The molecule has 1 saturated heterocycles. The maximum Gasteiger partial charge on any atom is 0.243 e. The molecule has 0 saturated carbocycles. The fourth-order valence-electron chi connectivity index (χ4n) is 3.50. The molecule has 1 unspecified atom stereocenters. The number of hydrogen-bond acceptors (Lipinski definition) is 5. The minimum atomic E-state index is -3.54. The van der Waals surface area contributed by atoms with E-state index in [-0.39, 0.29) is 23.1 Å². The largest absolute Gasteiger partial charge is 0.385 e. The second kappa shape index (κ2) is 10.2. The van der Waals surface area contributed by atoms with Gasteiger partial charge in [0.05, 0.1) is 10.8 Å². The minimum absolute atomic E-state index is 0.0577. The fourth-order valence-corrected chi connectivity index (χ4v) is 4.96. The Hall–Kier alpha value is -1.97. The quantitative estimate of drug-likeness (QED) is 0.531. The molecule has 0 aliphatic carbocycles. The fraction of sp³-hybridized carbons (Fsp3) is 0.600. The van der Waals surface area contributed by atoms with Gasteiger partial charge in [-0.05, 0) is 30.7 Å². The highest BCUT2D eigenvalue weighted by Crippen LogP contribution is 2.28. The van der Waals surface area contributed by atoms with Gasteiger partial charge in [0.2, 0.25) is 21.8 Å². The van der Waals surface area contributed by atoms with Crippen LogP contribution in [0.3, 0.4) is 0 Å². The van der Waals surface area contributed by atoms with E-state index in [4.69, 9.17) is 4.74 Å². The Morgan fingerprint density at radius 2 is 1.83 bits per heavy atom. The molecule has 8 nitrogen and oxygen atoms in total. The maximum atomic E-state index is 12.6. The van der Waals surface area contributed by atoms with Crippen LogP contribution in [0.4, 0.5) is 5.69 Å². The first-order valence-corrected chi connectivity index (χ1v) is 11.3. The van der Waals surface area contributed by atoms with Crippen LogP contribution in [0.15, 0.2) is 29.2 Å². The van der Waals surface area contributed by atoms with E-state index in [1.807, 2.05) is 0 Å². The summed E-state index contributed by atoms with van der Waals surface area (Å²) in [6.45, 7) is 5.84. The number of amides is 2. The molecule has 1 atom stereocenters. The normalized spacial score (nSPS) is 17.2. The molecule has 1 aromatic rings. The zero-order valence-electron chi connectivity index (χ0n) is 17.6. The Bertz CT molecular complexity index is 806. The lowest BCUT2D eigenvalue weighted by atomic mass is 10.1. The number of anilines is 1. The van der Waals surface area contributed by atoms with E-state index in [0.717, 1.165) is 6.42 Å². The van der Waals surface area contributed by atoms with E-state index in [9.17, 15) is 18.0 Å². The molecule has 0 N–H and O–H groups in total. The summed E-state index contributed by atoms with van der Waals surface area (Å²) in [6.07, 6.45) is 0.901. The van der Waals surface area contributed by atoms with Crippen LogP contribution in [0.1, 0.15) is 26.7 Å². The van der Waals surface area contributed by atoms with Crippen molar-refractivity contribution in [1.29, 1.82) is 0 Å². The second-order valence-corrected chi connectivity index (χ2v) is 9.03. The van der Waals surface area contributed by atoms with E-state index in [2.05, 4.69) is 0 Å². The number of hydrogen-bond donors (Lipinski definition) is 0. The monoisotopic (exact) mass is 425 g/mol. The summed E-state index contributed by atoms with van der Waals surface area (Å²) in [7, 11) is -0.190. The number of carbonyl (C=O) groups is 2. The molecule has 2 amide bonds. The van der Waals surface area contributed by atoms with Crippen LogP contribution in [0, 0.1) is 5.92 Å². The SMILES string of the molecule is CCN(CC)S(=O)(=O)c1ccc(N2CC(C(=O)N(C)CCCOC)CC2=O)cc1. The summed E-state index contributed by atoms with van der Waals surface area (Å²) in [5, 5.41) is 0. The first kappa shape index (κ1) is 23.3. The van der Waals surface area contributed by atoms with Crippen molar-refractivity contribution in [1.82, 2.24) is 9.21 Å². The van der Waals surface area contributed by atoms with Gasteiger partial charge in [0, 0.05) is 59.1 Å². The van der Waals surface area contributed by atoms with Gasteiger partial charge in [-0.3, -0.25) is 9.59 Å². The van der Waals surface area contributed by atoms with Gasteiger partial charge < -0.3 is 14.5 Å². The molecule has 1 aromatic carbocycles. The standard InChI is InChI=1S/C20H31N3O5S/c1-5-22(6-2)29(26,27)18-10-8-17(9-11-18)23-15-16(14-19(23)24)20(25)21(3)12-7-13-28-4/h8-11,16H,5-7,12-15H2,1-4H3. The van der Waals surface area contributed by atoms with Crippen molar-refractivity contribution >= 4 is 27.5 Å². The third-order valence-electron chi connectivity index (χ3n) is 5.18. The van der Waals surface area contributed by atoms with Crippen LogP contribution in [0.2, 0.25) is 0 Å². The summed E-state index contributed by atoms with van der Waals surface area (Å²) < 4.78 is 31.6. The van der Waals surface area contributed by atoms with Crippen LogP contribution >= 0.6 is 0 Å². The molecule has 0 spiro atoms. The highest BCUT2D eigenvalue weighted by atomic mass is 32.2. The zero-order valence-corrected chi connectivity index (χ0v) is 18.4. The predicted octanol–water partition coefficient (Wildman–Crippen LogP) is 1.56. The van der Waals surface area contributed by atoms with E-state index in [0.29, 0.717) is 38.5 Å². The summed E-state index contributed by atoms with van der Waals surface area (Å²) >= 11 is 0. The van der Waals surface area contributed by atoms with Crippen molar-refractivity contribution < 1.29 is 22.7 Å². The molecule has 1 heterocycles. The van der Waals surface area contributed by atoms with Gasteiger partial charge in [-0.2, -0.15) is 4.31 Å². The van der Waals surface area contributed by atoms with Gasteiger partial charge >= 0.3 is 0 Å². The Morgan fingerprint density at radius 3 is 2.38 bits per heavy atom. The third-order valence-corrected chi connectivity index (χ3v) is 7.25. The van der Waals surface area contributed by atoms with Crippen LogP contribution in [-0.2, 0) is 24.3 Å². The number of ether oxygens (including phenoxy) is 1. The molecule has 1 aliphatic rings. The topological polar surface area (TPSA) is 87.2 Å². The van der Waals surface area contributed by atoms with Crippen molar-refractivity contribution in [2.75, 3.05) is 51.8 Å². The lowest BCUT2D eigenvalue weighted by Gasteiger charge is -2.22. The molecule has 0 bridgehead atoms. The Labute approximate surface area is 173 Å². The van der Waals surface area contributed by atoms with Crippen molar-refractivity contribution in [2.45, 2.75) is 31.6 Å². The second-order valence-electron chi connectivity index (χ2n) is 7.09. The molecular formula is C20H31N3O5S. The number of methoxy groups -OCH3 is 1. The maximum absolute atomic E-state index is 12.6. The molecule has 0 aromatic heterocycles. The lowest BCUT2D eigenvalue weighted by Crippen LogP contribution is -2.35. The van der Waals surface area contributed by atoms with Gasteiger partial charge in [-0.15, -0.1) is 0 Å². The van der Waals surface area contributed by atoms with Gasteiger partial charge in [0.1, 0.15) is 0 Å². The van der Waals surface area contributed by atoms with Crippen molar-refractivity contribution in [3.8, 4) is 0 Å². The van der Waals surface area contributed by atoms with E-state index in [1.165, 1.54) is 16.4 Å². The molecule has 162 valence electrons.